The lowest BCUT2D eigenvalue weighted by Gasteiger charge is -2.35. The minimum atomic E-state index is -0.821. The molecule has 3 heteroatoms. The number of aliphatic hydroxyl groups is 1. The van der Waals surface area contributed by atoms with Crippen LogP contribution in [0.4, 0.5) is 0 Å². The van der Waals surface area contributed by atoms with Gasteiger partial charge in [-0.05, 0) is 45.2 Å². The Bertz CT molecular complexity index is 522. The van der Waals surface area contributed by atoms with Gasteiger partial charge < -0.3 is 14.6 Å². The van der Waals surface area contributed by atoms with Crippen LogP contribution < -0.4 is 0 Å². The molecule has 0 saturated heterocycles. The van der Waals surface area contributed by atoms with Crippen molar-refractivity contribution in [3.8, 4) is 11.8 Å². The molecule has 1 aliphatic carbocycles. The highest BCUT2D eigenvalue weighted by Crippen LogP contribution is 2.46. The summed E-state index contributed by atoms with van der Waals surface area (Å²) in [6, 6.07) is 8.11. The molecule has 0 unspecified atom stereocenters. The minimum Gasteiger partial charge on any atom is -0.389 e. The fourth-order valence-corrected chi connectivity index (χ4v) is 2.83. The van der Waals surface area contributed by atoms with E-state index in [1.807, 2.05) is 31.2 Å². The zero-order chi connectivity index (χ0) is 15.3. The molecule has 0 bridgehead atoms. The zero-order valence-corrected chi connectivity index (χ0v) is 13.1. The van der Waals surface area contributed by atoms with Crippen molar-refractivity contribution in [1.82, 2.24) is 0 Å². The molecule has 0 heterocycles. The minimum absolute atomic E-state index is 0.226. The smallest absolute Gasteiger partial charge is 0.146 e. The number of methoxy groups -OCH3 is 1. The predicted molar refractivity (Wildman–Crippen MR) is 82.8 cm³/mol. The highest BCUT2D eigenvalue weighted by atomic mass is 16.7. The SMILES string of the molecule is COCOC[C@@]1(C#Cc2ccc(C)cc2)CCC[C@]1(C)O. The van der Waals surface area contributed by atoms with Crippen LogP contribution in [-0.4, -0.2) is 31.2 Å². The molecule has 0 aliphatic heterocycles. The van der Waals surface area contributed by atoms with Gasteiger partial charge >= 0.3 is 0 Å². The maximum Gasteiger partial charge on any atom is 0.146 e. The standard InChI is InChI=1S/C18H24O3/c1-15-5-7-16(8-6-15)9-12-18(13-21-14-20-3)11-4-10-17(18,2)19/h5-8,19H,4,10-11,13-14H2,1-3H3/t17-,18-/m0/s1. The van der Waals surface area contributed by atoms with Gasteiger partial charge in [0, 0.05) is 12.7 Å². The van der Waals surface area contributed by atoms with Crippen molar-refractivity contribution < 1.29 is 14.6 Å². The summed E-state index contributed by atoms with van der Waals surface area (Å²) < 4.78 is 10.5. The lowest BCUT2D eigenvalue weighted by molar-refractivity contribution is -0.100. The predicted octanol–water partition coefficient (Wildman–Crippen LogP) is 2.89. The molecule has 21 heavy (non-hydrogen) atoms. The topological polar surface area (TPSA) is 38.7 Å². The molecule has 0 aromatic heterocycles. The first kappa shape index (κ1) is 16.0. The molecule has 0 radical (unpaired) electrons. The molecule has 2 rings (SSSR count). The van der Waals surface area contributed by atoms with E-state index in [-0.39, 0.29) is 6.79 Å². The molecule has 1 N–H and O–H groups in total. The van der Waals surface area contributed by atoms with Crippen LogP contribution in [-0.2, 0) is 9.47 Å². The maximum atomic E-state index is 10.7. The van der Waals surface area contributed by atoms with Gasteiger partial charge in [0.2, 0.25) is 0 Å². The number of rotatable bonds is 4. The summed E-state index contributed by atoms with van der Waals surface area (Å²) >= 11 is 0. The Labute approximate surface area is 127 Å². The highest BCUT2D eigenvalue weighted by molar-refractivity contribution is 5.38. The van der Waals surface area contributed by atoms with Gasteiger partial charge in [-0.25, -0.2) is 0 Å². The number of hydrogen-bond donors (Lipinski definition) is 1. The fraction of sp³-hybridized carbons (Fsp3) is 0.556. The van der Waals surface area contributed by atoms with Gasteiger partial charge in [0.1, 0.15) is 6.79 Å². The Kier molecular flexibility index (Phi) is 5.05. The van der Waals surface area contributed by atoms with E-state index in [0.29, 0.717) is 6.61 Å². The van der Waals surface area contributed by atoms with Crippen molar-refractivity contribution in [3.05, 3.63) is 35.4 Å². The van der Waals surface area contributed by atoms with Crippen LogP contribution in [0.3, 0.4) is 0 Å². The first-order valence-electron chi connectivity index (χ1n) is 7.38. The van der Waals surface area contributed by atoms with Crippen LogP contribution in [0.1, 0.15) is 37.3 Å². The van der Waals surface area contributed by atoms with Gasteiger partial charge in [0.05, 0.1) is 17.6 Å². The first-order valence-corrected chi connectivity index (χ1v) is 7.38. The monoisotopic (exact) mass is 288 g/mol. The normalized spacial score (nSPS) is 28.2. The van der Waals surface area contributed by atoms with Crippen LogP contribution >= 0.6 is 0 Å². The van der Waals surface area contributed by atoms with Crippen molar-refractivity contribution in [2.24, 2.45) is 5.41 Å². The summed E-state index contributed by atoms with van der Waals surface area (Å²) in [5.74, 6) is 6.51. The van der Waals surface area contributed by atoms with Gasteiger partial charge in [-0.15, -0.1) is 0 Å². The molecule has 3 nitrogen and oxygen atoms in total. The average molecular weight is 288 g/mol. The van der Waals surface area contributed by atoms with E-state index in [0.717, 1.165) is 24.8 Å². The second-order valence-electron chi connectivity index (χ2n) is 6.08. The van der Waals surface area contributed by atoms with E-state index >= 15 is 0 Å². The second-order valence-corrected chi connectivity index (χ2v) is 6.08. The summed E-state index contributed by atoms with van der Waals surface area (Å²) in [6.45, 7) is 4.54. The number of ether oxygens (including phenoxy) is 2. The van der Waals surface area contributed by atoms with E-state index in [1.165, 1.54) is 5.56 Å². The molecular formula is C18H24O3. The first-order chi connectivity index (χ1) is 9.99. The van der Waals surface area contributed by atoms with E-state index in [9.17, 15) is 5.11 Å². The molecule has 0 amide bonds. The third-order valence-corrected chi connectivity index (χ3v) is 4.35. The molecule has 1 fully saturated rings. The quantitative estimate of drug-likeness (QED) is 0.526. The summed E-state index contributed by atoms with van der Waals surface area (Å²) in [6.07, 6.45) is 2.57. The molecule has 114 valence electrons. The van der Waals surface area contributed by atoms with Crippen molar-refractivity contribution in [3.63, 3.8) is 0 Å². The van der Waals surface area contributed by atoms with Crippen LogP contribution in [0.5, 0.6) is 0 Å². The van der Waals surface area contributed by atoms with E-state index in [1.54, 1.807) is 7.11 Å². The van der Waals surface area contributed by atoms with Gasteiger partial charge in [-0.1, -0.05) is 29.5 Å². The zero-order valence-electron chi connectivity index (χ0n) is 13.1. The van der Waals surface area contributed by atoms with Crippen LogP contribution in [0, 0.1) is 24.2 Å². The summed E-state index contributed by atoms with van der Waals surface area (Å²) in [7, 11) is 1.59. The molecule has 1 aromatic rings. The number of hydrogen-bond acceptors (Lipinski definition) is 3. The van der Waals surface area contributed by atoms with E-state index < -0.39 is 11.0 Å². The van der Waals surface area contributed by atoms with Gasteiger partial charge in [0.15, 0.2) is 0 Å². The van der Waals surface area contributed by atoms with Crippen molar-refractivity contribution >= 4 is 0 Å². The lowest BCUT2D eigenvalue weighted by Crippen LogP contribution is -2.44. The van der Waals surface area contributed by atoms with Crippen molar-refractivity contribution in [1.29, 1.82) is 0 Å². The number of benzene rings is 1. The molecule has 0 spiro atoms. The summed E-state index contributed by atoms with van der Waals surface area (Å²) in [4.78, 5) is 0. The fourth-order valence-electron chi connectivity index (χ4n) is 2.83. The molecule has 2 atom stereocenters. The van der Waals surface area contributed by atoms with Gasteiger partial charge in [-0.2, -0.15) is 0 Å². The highest BCUT2D eigenvalue weighted by Gasteiger charge is 2.50. The van der Waals surface area contributed by atoms with E-state index in [2.05, 4.69) is 18.8 Å². The van der Waals surface area contributed by atoms with Crippen molar-refractivity contribution in [2.45, 2.75) is 38.7 Å². The maximum absolute atomic E-state index is 10.7. The summed E-state index contributed by atoms with van der Waals surface area (Å²) in [5, 5.41) is 10.7. The average Bonchev–Trinajstić information content (AvgIpc) is 2.74. The Hall–Kier alpha value is -1.34. The third kappa shape index (κ3) is 3.65. The Balaban J connectivity index is 2.23. The van der Waals surface area contributed by atoms with Gasteiger partial charge in [-0.3, -0.25) is 0 Å². The molecule has 1 saturated carbocycles. The second kappa shape index (κ2) is 6.62. The van der Waals surface area contributed by atoms with E-state index in [4.69, 9.17) is 9.47 Å². The summed E-state index contributed by atoms with van der Waals surface area (Å²) in [5.41, 5.74) is 0.843. The van der Waals surface area contributed by atoms with Crippen LogP contribution in [0.2, 0.25) is 0 Å². The Morgan fingerprint density at radius 1 is 1.24 bits per heavy atom. The van der Waals surface area contributed by atoms with Crippen molar-refractivity contribution in [2.75, 3.05) is 20.5 Å². The van der Waals surface area contributed by atoms with Gasteiger partial charge in [0.25, 0.3) is 0 Å². The Morgan fingerprint density at radius 3 is 2.52 bits per heavy atom. The largest absolute Gasteiger partial charge is 0.389 e. The molecule has 1 aromatic carbocycles. The molecule has 1 aliphatic rings. The molecular weight excluding hydrogens is 264 g/mol. The van der Waals surface area contributed by atoms with Crippen LogP contribution in [0.15, 0.2) is 24.3 Å². The number of aryl methyl sites for hydroxylation is 1. The Morgan fingerprint density at radius 2 is 1.95 bits per heavy atom. The van der Waals surface area contributed by atoms with Crippen LogP contribution in [0.25, 0.3) is 0 Å². The lowest BCUT2D eigenvalue weighted by atomic mass is 9.76. The third-order valence-electron chi connectivity index (χ3n) is 4.35.